The van der Waals surface area contributed by atoms with E-state index in [1.54, 1.807) is 0 Å². The fraction of sp³-hybridized carbons (Fsp3) is 0.111. The van der Waals surface area contributed by atoms with Crippen molar-refractivity contribution in [2.45, 2.75) is 13.8 Å². The van der Waals surface area contributed by atoms with Crippen LogP contribution in [0.15, 0.2) is 30.3 Å². The molecule has 0 radical (unpaired) electrons. The van der Waals surface area contributed by atoms with Gasteiger partial charge in [0.1, 0.15) is 0 Å². The average Bonchev–Trinajstić information content (AvgIpc) is 3.22. The first-order valence-corrected chi connectivity index (χ1v) is 9.28. The van der Waals surface area contributed by atoms with Gasteiger partial charge in [-0.05, 0) is 37.6 Å². The minimum Gasteiger partial charge on any atom is -0.382 e. The van der Waals surface area contributed by atoms with Gasteiger partial charge >= 0.3 is 0 Å². The van der Waals surface area contributed by atoms with E-state index in [9.17, 15) is 4.79 Å². The third-order valence-electron chi connectivity index (χ3n) is 4.39. The standard InChI is InChI=1S/C18H14N8OS/c1-8-7-9(2)20-15-12(8)16-24-23-13(14(19)26(16)25-15)17(27)22-18-21-10-5-3-4-6-11(10)28-18/h3-7H,19H2,1-2H3,(H,21,22,27). The molecule has 0 spiro atoms. The monoisotopic (exact) mass is 390 g/mol. The molecule has 5 aromatic rings. The van der Waals surface area contributed by atoms with Gasteiger partial charge < -0.3 is 5.73 Å². The summed E-state index contributed by atoms with van der Waals surface area (Å²) in [7, 11) is 0. The van der Waals surface area contributed by atoms with E-state index >= 15 is 0 Å². The molecule has 1 amide bonds. The molecular weight excluding hydrogens is 376 g/mol. The Hall–Kier alpha value is -3.66. The van der Waals surface area contributed by atoms with Crippen LogP contribution in [0.5, 0.6) is 0 Å². The Morgan fingerprint density at radius 1 is 1.18 bits per heavy atom. The van der Waals surface area contributed by atoms with Crippen LogP contribution in [0.2, 0.25) is 0 Å². The van der Waals surface area contributed by atoms with Gasteiger partial charge in [0.2, 0.25) is 0 Å². The minimum atomic E-state index is -0.494. The molecule has 0 saturated heterocycles. The molecule has 4 aromatic heterocycles. The first-order valence-electron chi connectivity index (χ1n) is 8.47. The number of hydrogen-bond acceptors (Lipinski definition) is 8. The van der Waals surface area contributed by atoms with Gasteiger partial charge in [-0.15, -0.1) is 15.3 Å². The number of hydrogen-bond donors (Lipinski definition) is 2. The highest BCUT2D eigenvalue weighted by molar-refractivity contribution is 7.22. The first kappa shape index (κ1) is 16.5. The van der Waals surface area contributed by atoms with Gasteiger partial charge in [-0.25, -0.2) is 9.97 Å². The topological polar surface area (TPSA) is 124 Å². The highest BCUT2D eigenvalue weighted by Gasteiger charge is 2.21. The molecule has 0 saturated carbocycles. The first-order chi connectivity index (χ1) is 13.5. The third-order valence-corrected chi connectivity index (χ3v) is 5.34. The number of amides is 1. The van der Waals surface area contributed by atoms with Gasteiger partial charge in [-0.1, -0.05) is 23.5 Å². The quantitative estimate of drug-likeness (QED) is 0.475. The maximum absolute atomic E-state index is 12.7. The SMILES string of the molecule is Cc1cc(C)c2c(n1)nn1c(N)c(C(=O)Nc3nc4ccccc4s3)nnc21. The van der Waals surface area contributed by atoms with Crippen LogP contribution in [0.25, 0.3) is 26.9 Å². The summed E-state index contributed by atoms with van der Waals surface area (Å²) in [5.41, 5.74) is 9.78. The number of carbonyl (C=O) groups is 1. The maximum atomic E-state index is 12.7. The zero-order valence-electron chi connectivity index (χ0n) is 15.0. The number of nitrogens with zero attached hydrogens (tertiary/aromatic N) is 6. The number of fused-ring (bicyclic) bond motifs is 4. The van der Waals surface area contributed by atoms with Crippen LogP contribution in [-0.4, -0.2) is 35.7 Å². The number of benzene rings is 1. The molecule has 0 atom stereocenters. The van der Waals surface area contributed by atoms with E-state index in [1.807, 2.05) is 44.2 Å². The molecule has 10 heteroatoms. The number of aryl methyl sites for hydroxylation is 2. The molecule has 0 fully saturated rings. The lowest BCUT2D eigenvalue weighted by Crippen LogP contribution is -2.19. The van der Waals surface area contributed by atoms with Crippen molar-refractivity contribution in [1.29, 1.82) is 0 Å². The predicted octanol–water partition coefficient (Wildman–Crippen LogP) is 2.73. The lowest BCUT2D eigenvalue weighted by atomic mass is 10.2. The second-order valence-electron chi connectivity index (χ2n) is 6.39. The van der Waals surface area contributed by atoms with Crippen molar-refractivity contribution in [3.05, 3.63) is 47.3 Å². The highest BCUT2D eigenvalue weighted by Crippen LogP contribution is 2.27. The van der Waals surface area contributed by atoms with E-state index in [0.29, 0.717) is 16.4 Å². The number of nitrogens with one attached hydrogen (secondary N) is 1. The average molecular weight is 390 g/mol. The highest BCUT2D eigenvalue weighted by atomic mass is 32.1. The lowest BCUT2D eigenvalue weighted by molar-refractivity contribution is 0.102. The fourth-order valence-electron chi connectivity index (χ4n) is 3.17. The van der Waals surface area contributed by atoms with Crippen LogP contribution in [0.1, 0.15) is 21.7 Å². The molecular formula is C18H14N8OS. The van der Waals surface area contributed by atoms with Gasteiger partial charge in [0.05, 0.1) is 15.6 Å². The number of pyridine rings is 1. The van der Waals surface area contributed by atoms with Gasteiger partial charge in [-0.2, -0.15) is 4.52 Å². The van der Waals surface area contributed by atoms with Gasteiger partial charge in [0.25, 0.3) is 5.91 Å². The molecule has 0 bridgehead atoms. The number of para-hydroxylation sites is 1. The minimum absolute atomic E-state index is 0.0195. The van der Waals surface area contributed by atoms with Crippen LogP contribution < -0.4 is 11.1 Å². The second kappa shape index (κ2) is 5.92. The summed E-state index contributed by atoms with van der Waals surface area (Å²) in [4.78, 5) is 21.5. The number of rotatable bonds is 2. The number of nitrogen functional groups attached to an aromatic ring is 1. The molecule has 1 aromatic carbocycles. The Morgan fingerprint density at radius 3 is 2.82 bits per heavy atom. The van der Waals surface area contributed by atoms with Gasteiger partial charge in [-0.3, -0.25) is 10.1 Å². The Balaban J connectivity index is 1.58. The fourth-order valence-corrected chi connectivity index (χ4v) is 4.03. The van der Waals surface area contributed by atoms with Crippen molar-refractivity contribution < 1.29 is 4.79 Å². The van der Waals surface area contributed by atoms with Crippen molar-refractivity contribution in [2.24, 2.45) is 0 Å². The van der Waals surface area contributed by atoms with Crippen LogP contribution in [0.4, 0.5) is 10.9 Å². The van der Waals surface area contributed by atoms with Crippen LogP contribution in [0, 0.1) is 13.8 Å². The maximum Gasteiger partial charge on any atom is 0.281 e. The number of aromatic nitrogens is 6. The van der Waals surface area contributed by atoms with Crippen LogP contribution in [0.3, 0.4) is 0 Å². The van der Waals surface area contributed by atoms with Crippen molar-refractivity contribution in [1.82, 2.24) is 29.8 Å². The van der Waals surface area contributed by atoms with Crippen LogP contribution >= 0.6 is 11.3 Å². The summed E-state index contributed by atoms with van der Waals surface area (Å²) in [6.45, 7) is 3.84. The molecule has 138 valence electrons. The van der Waals surface area contributed by atoms with Crippen LogP contribution in [-0.2, 0) is 0 Å². The molecule has 0 aliphatic heterocycles. The normalized spacial score (nSPS) is 11.5. The van der Waals surface area contributed by atoms with Crippen molar-refractivity contribution in [2.75, 3.05) is 11.1 Å². The molecule has 4 heterocycles. The number of anilines is 2. The number of nitrogens with two attached hydrogens (primary N) is 1. The molecule has 3 N–H and O–H groups in total. The van der Waals surface area contributed by atoms with Crippen molar-refractivity contribution >= 4 is 55.1 Å². The van der Waals surface area contributed by atoms with E-state index < -0.39 is 5.91 Å². The summed E-state index contributed by atoms with van der Waals surface area (Å²) in [5.74, 6) is -0.398. The Labute approximate surface area is 162 Å². The van der Waals surface area contributed by atoms with E-state index in [4.69, 9.17) is 5.73 Å². The zero-order valence-corrected chi connectivity index (χ0v) is 15.8. The van der Waals surface area contributed by atoms with Gasteiger partial charge in [0.15, 0.2) is 27.9 Å². The Bertz CT molecular complexity index is 1370. The summed E-state index contributed by atoms with van der Waals surface area (Å²) in [6, 6.07) is 9.58. The zero-order chi connectivity index (χ0) is 19.4. The Morgan fingerprint density at radius 2 is 2.00 bits per heavy atom. The second-order valence-corrected chi connectivity index (χ2v) is 7.42. The third kappa shape index (κ3) is 2.46. The molecule has 0 unspecified atom stereocenters. The molecule has 0 aliphatic carbocycles. The number of carbonyl (C=O) groups excluding carboxylic acids is 1. The number of thiazole rings is 1. The van der Waals surface area contributed by atoms with E-state index in [0.717, 1.165) is 26.9 Å². The van der Waals surface area contributed by atoms with E-state index in [1.165, 1.54) is 15.9 Å². The molecule has 9 nitrogen and oxygen atoms in total. The van der Waals surface area contributed by atoms with Crippen molar-refractivity contribution in [3.8, 4) is 0 Å². The summed E-state index contributed by atoms with van der Waals surface area (Å²) in [5, 5.41) is 16.6. The predicted molar refractivity (Wildman–Crippen MR) is 108 cm³/mol. The molecule has 28 heavy (non-hydrogen) atoms. The molecule has 0 aliphatic rings. The summed E-state index contributed by atoms with van der Waals surface area (Å²) in [6.07, 6.45) is 0. The summed E-state index contributed by atoms with van der Waals surface area (Å²) < 4.78 is 2.38. The van der Waals surface area contributed by atoms with E-state index in [2.05, 4.69) is 30.6 Å². The summed E-state index contributed by atoms with van der Waals surface area (Å²) >= 11 is 1.37. The largest absolute Gasteiger partial charge is 0.382 e. The Kier molecular flexibility index (Phi) is 3.49. The van der Waals surface area contributed by atoms with Crippen molar-refractivity contribution in [3.63, 3.8) is 0 Å². The van der Waals surface area contributed by atoms with E-state index in [-0.39, 0.29) is 11.5 Å². The molecule has 5 rings (SSSR count). The lowest BCUT2D eigenvalue weighted by Gasteiger charge is -2.05. The smallest absolute Gasteiger partial charge is 0.281 e. The van der Waals surface area contributed by atoms with Gasteiger partial charge in [0, 0.05) is 5.69 Å².